The lowest BCUT2D eigenvalue weighted by atomic mass is 10.0. The minimum atomic E-state index is 0.618. The van der Waals surface area contributed by atoms with Crippen molar-refractivity contribution in [2.75, 3.05) is 5.32 Å². The molecule has 1 heterocycles. The molecular weight excluding hydrogens is 146 g/mol. The van der Waals surface area contributed by atoms with Crippen molar-refractivity contribution in [1.82, 2.24) is 0 Å². The Kier molecular flexibility index (Phi) is 1.80. The zero-order valence-corrected chi connectivity index (χ0v) is 7.72. The molecule has 1 nitrogen and oxygen atoms in total. The number of nitrogens with one attached hydrogen (secondary N) is 1. The van der Waals surface area contributed by atoms with Crippen molar-refractivity contribution in [2.24, 2.45) is 0 Å². The van der Waals surface area contributed by atoms with Gasteiger partial charge < -0.3 is 5.32 Å². The normalized spacial score (nSPS) is 20.3. The molecule has 1 aromatic rings. The van der Waals surface area contributed by atoms with Gasteiger partial charge in [0.05, 0.1) is 0 Å². The second-order valence-electron chi connectivity index (χ2n) is 3.55. The van der Waals surface area contributed by atoms with Crippen LogP contribution in [0.25, 0.3) is 0 Å². The molecule has 1 unspecified atom stereocenters. The van der Waals surface area contributed by atoms with Crippen molar-refractivity contribution in [3.8, 4) is 0 Å². The van der Waals surface area contributed by atoms with Gasteiger partial charge in [-0.15, -0.1) is 0 Å². The topological polar surface area (TPSA) is 12.0 Å². The van der Waals surface area contributed by atoms with E-state index in [1.165, 1.54) is 23.2 Å². The summed E-state index contributed by atoms with van der Waals surface area (Å²) in [5.41, 5.74) is 4.39. The highest BCUT2D eigenvalue weighted by Gasteiger charge is 2.17. The van der Waals surface area contributed by atoms with E-state index in [2.05, 4.69) is 37.4 Å². The smallest absolute Gasteiger partial charge is 0.0378 e. The van der Waals surface area contributed by atoms with Crippen LogP contribution in [0.15, 0.2) is 18.2 Å². The minimum Gasteiger partial charge on any atom is -0.382 e. The van der Waals surface area contributed by atoms with E-state index in [0.717, 1.165) is 6.42 Å². The first-order valence-corrected chi connectivity index (χ1v) is 4.68. The number of hydrogen-bond donors (Lipinski definition) is 1. The standard InChI is InChI=1S/C11H15N/c1-3-9-5-4-6-11-10(9)7-8(2)12-11/h4-6,8,12H,3,7H2,1-2H3. The van der Waals surface area contributed by atoms with Crippen LogP contribution in [0, 0.1) is 0 Å². The van der Waals surface area contributed by atoms with Gasteiger partial charge in [-0.05, 0) is 37.0 Å². The molecule has 0 fully saturated rings. The van der Waals surface area contributed by atoms with Gasteiger partial charge in [0.2, 0.25) is 0 Å². The molecule has 0 spiro atoms. The number of hydrogen-bond acceptors (Lipinski definition) is 1. The first-order valence-electron chi connectivity index (χ1n) is 4.68. The van der Waals surface area contributed by atoms with Crippen molar-refractivity contribution >= 4 is 5.69 Å². The zero-order chi connectivity index (χ0) is 8.55. The molecule has 0 aliphatic carbocycles. The van der Waals surface area contributed by atoms with Crippen molar-refractivity contribution < 1.29 is 0 Å². The Morgan fingerprint density at radius 1 is 1.50 bits per heavy atom. The Morgan fingerprint density at radius 3 is 3.08 bits per heavy atom. The molecule has 0 saturated carbocycles. The van der Waals surface area contributed by atoms with Crippen molar-refractivity contribution in [3.05, 3.63) is 29.3 Å². The summed E-state index contributed by atoms with van der Waals surface area (Å²) in [5, 5.41) is 3.47. The maximum absolute atomic E-state index is 3.47. The fourth-order valence-electron chi connectivity index (χ4n) is 1.96. The number of rotatable bonds is 1. The van der Waals surface area contributed by atoms with Crippen molar-refractivity contribution in [2.45, 2.75) is 32.7 Å². The lowest BCUT2D eigenvalue weighted by molar-refractivity contribution is 0.832. The molecule has 64 valence electrons. The molecule has 12 heavy (non-hydrogen) atoms. The number of fused-ring (bicyclic) bond motifs is 1. The minimum absolute atomic E-state index is 0.618. The molecule has 1 aliphatic rings. The molecule has 1 heteroatoms. The van der Waals surface area contributed by atoms with E-state index < -0.39 is 0 Å². The maximum atomic E-state index is 3.47. The van der Waals surface area contributed by atoms with Crippen LogP contribution in [-0.2, 0) is 12.8 Å². The lowest BCUT2D eigenvalue weighted by Gasteiger charge is -2.03. The molecule has 1 atom stereocenters. The average Bonchev–Trinajstić information content (AvgIpc) is 2.44. The van der Waals surface area contributed by atoms with Gasteiger partial charge in [-0.3, -0.25) is 0 Å². The lowest BCUT2D eigenvalue weighted by Crippen LogP contribution is -2.08. The van der Waals surface area contributed by atoms with E-state index in [4.69, 9.17) is 0 Å². The van der Waals surface area contributed by atoms with Crippen LogP contribution in [0.1, 0.15) is 25.0 Å². The van der Waals surface area contributed by atoms with Crippen LogP contribution in [0.2, 0.25) is 0 Å². The van der Waals surface area contributed by atoms with Gasteiger partial charge in [0.1, 0.15) is 0 Å². The summed E-state index contributed by atoms with van der Waals surface area (Å²) in [6, 6.07) is 7.17. The summed E-state index contributed by atoms with van der Waals surface area (Å²) in [6.45, 7) is 4.46. The maximum Gasteiger partial charge on any atom is 0.0378 e. The highest BCUT2D eigenvalue weighted by atomic mass is 14.9. The van der Waals surface area contributed by atoms with Crippen LogP contribution in [0.3, 0.4) is 0 Å². The molecule has 1 N–H and O–H groups in total. The third-order valence-electron chi connectivity index (χ3n) is 2.57. The highest BCUT2D eigenvalue weighted by molar-refractivity contribution is 5.59. The predicted octanol–water partition coefficient (Wildman–Crippen LogP) is 2.61. The Balaban J connectivity index is 2.44. The van der Waals surface area contributed by atoms with Crippen LogP contribution in [-0.4, -0.2) is 6.04 Å². The average molecular weight is 161 g/mol. The first-order chi connectivity index (χ1) is 5.81. The second kappa shape index (κ2) is 2.81. The number of anilines is 1. The van der Waals surface area contributed by atoms with Crippen LogP contribution >= 0.6 is 0 Å². The molecule has 0 radical (unpaired) electrons. The van der Waals surface area contributed by atoms with Gasteiger partial charge in [-0.25, -0.2) is 0 Å². The van der Waals surface area contributed by atoms with Gasteiger partial charge in [0, 0.05) is 11.7 Å². The van der Waals surface area contributed by atoms with Gasteiger partial charge in [0.25, 0.3) is 0 Å². The monoisotopic (exact) mass is 161 g/mol. The fraction of sp³-hybridized carbons (Fsp3) is 0.455. The van der Waals surface area contributed by atoms with Crippen LogP contribution in [0.5, 0.6) is 0 Å². The summed E-state index contributed by atoms with van der Waals surface area (Å²) >= 11 is 0. The molecular formula is C11H15N. The van der Waals surface area contributed by atoms with Crippen molar-refractivity contribution in [3.63, 3.8) is 0 Å². The summed E-state index contributed by atoms with van der Waals surface area (Å²) in [5.74, 6) is 0. The summed E-state index contributed by atoms with van der Waals surface area (Å²) < 4.78 is 0. The van der Waals surface area contributed by atoms with Gasteiger partial charge in [0.15, 0.2) is 0 Å². The summed E-state index contributed by atoms with van der Waals surface area (Å²) in [4.78, 5) is 0. The molecule has 0 bridgehead atoms. The second-order valence-corrected chi connectivity index (χ2v) is 3.55. The Hall–Kier alpha value is -0.980. The number of benzene rings is 1. The van der Waals surface area contributed by atoms with E-state index >= 15 is 0 Å². The highest BCUT2D eigenvalue weighted by Crippen LogP contribution is 2.28. The Labute approximate surface area is 73.8 Å². The van der Waals surface area contributed by atoms with E-state index in [1.54, 1.807) is 0 Å². The Morgan fingerprint density at radius 2 is 2.33 bits per heavy atom. The molecule has 1 aromatic carbocycles. The van der Waals surface area contributed by atoms with E-state index in [0.29, 0.717) is 6.04 Å². The van der Waals surface area contributed by atoms with E-state index in [9.17, 15) is 0 Å². The molecule has 0 aromatic heterocycles. The molecule has 1 aliphatic heterocycles. The fourth-order valence-corrected chi connectivity index (χ4v) is 1.96. The molecule has 0 amide bonds. The van der Waals surface area contributed by atoms with Gasteiger partial charge in [-0.1, -0.05) is 19.1 Å². The SMILES string of the molecule is CCc1cccc2c1CC(C)N2. The van der Waals surface area contributed by atoms with Crippen molar-refractivity contribution in [1.29, 1.82) is 0 Å². The predicted molar refractivity (Wildman–Crippen MR) is 52.6 cm³/mol. The Bertz CT molecular complexity index is 291. The quantitative estimate of drug-likeness (QED) is 0.667. The van der Waals surface area contributed by atoms with Crippen LogP contribution < -0.4 is 5.32 Å². The van der Waals surface area contributed by atoms with Crippen LogP contribution in [0.4, 0.5) is 5.69 Å². The molecule has 2 rings (SSSR count). The third kappa shape index (κ3) is 1.09. The number of aryl methyl sites for hydroxylation is 1. The zero-order valence-electron chi connectivity index (χ0n) is 7.72. The van der Waals surface area contributed by atoms with E-state index in [1.807, 2.05) is 0 Å². The van der Waals surface area contributed by atoms with E-state index in [-0.39, 0.29) is 0 Å². The van der Waals surface area contributed by atoms with Gasteiger partial charge in [-0.2, -0.15) is 0 Å². The van der Waals surface area contributed by atoms with Gasteiger partial charge >= 0.3 is 0 Å². The third-order valence-corrected chi connectivity index (χ3v) is 2.57. The summed E-state index contributed by atoms with van der Waals surface area (Å²) in [7, 11) is 0. The largest absolute Gasteiger partial charge is 0.382 e. The summed E-state index contributed by atoms with van der Waals surface area (Å²) in [6.07, 6.45) is 2.34. The first kappa shape index (κ1) is 7.66. The molecule has 0 saturated heterocycles.